The molecule has 2 aromatic carbocycles. The van der Waals surface area contributed by atoms with Crippen molar-refractivity contribution in [3.05, 3.63) is 49.1 Å². The quantitative estimate of drug-likeness (QED) is 0.332. The van der Waals surface area contributed by atoms with Gasteiger partial charge in [-0.2, -0.15) is 0 Å². The van der Waals surface area contributed by atoms with E-state index in [9.17, 15) is 9.90 Å². The summed E-state index contributed by atoms with van der Waals surface area (Å²) >= 11 is 6.33. The summed E-state index contributed by atoms with van der Waals surface area (Å²) in [6, 6.07) is 9.22. The number of aliphatic carboxylic acids is 1. The fourth-order valence-electron chi connectivity index (χ4n) is 1.79. The first kappa shape index (κ1) is 19.0. The number of carboxylic acids is 1. The van der Waals surface area contributed by atoms with Gasteiger partial charge in [-0.15, -0.1) is 0 Å². The lowest BCUT2D eigenvalue weighted by atomic mass is 10.1. The standard InChI is InChI=1S/C15H12I3NO4/c16-10-6-12(23-8-3-1-7(20)2-4-8)11(17)5-9(10)13(18)14(19)15(21)22/h1-6,13-14,20H,19H2,(H,21,22)/t13?,14-/m0/s1. The van der Waals surface area contributed by atoms with E-state index in [1.165, 1.54) is 0 Å². The van der Waals surface area contributed by atoms with Gasteiger partial charge in [-0.1, -0.05) is 22.6 Å². The molecule has 8 heteroatoms. The van der Waals surface area contributed by atoms with E-state index in [-0.39, 0.29) is 9.67 Å². The molecule has 2 rings (SSSR count). The maximum atomic E-state index is 11.1. The molecule has 0 bridgehead atoms. The summed E-state index contributed by atoms with van der Waals surface area (Å²) in [5.41, 5.74) is 6.58. The lowest BCUT2D eigenvalue weighted by molar-refractivity contribution is -0.138. The normalized spacial score (nSPS) is 13.4. The molecule has 2 aromatic rings. The Morgan fingerprint density at radius 2 is 1.74 bits per heavy atom. The summed E-state index contributed by atoms with van der Waals surface area (Å²) in [5, 5.41) is 18.4. The number of hydrogen-bond acceptors (Lipinski definition) is 4. The third-order valence-corrected chi connectivity index (χ3v) is 6.24. The van der Waals surface area contributed by atoms with E-state index in [1.807, 2.05) is 34.7 Å². The van der Waals surface area contributed by atoms with Crippen LogP contribution in [0.1, 0.15) is 9.49 Å². The van der Waals surface area contributed by atoms with Crippen LogP contribution >= 0.6 is 67.8 Å². The third kappa shape index (κ3) is 4.82. The van der Waals surface area contributed by atoms with Gasteiger partial charge in [0.1, 0.15) is 23.3 Å². The van der Waals surface area contributed by atoms with Crippen LogP contribution in [0.3, 0.4) is 0 Å². The maximum absolute atomic E-state index is 11.1. The molecule has 0 aliphatic heterocycles. The van der Waals surface area contributed by atoms with Crippen molar-refractivity contribution in [3.8, 4) is 17.2 Å². The van der Waals surface area contributed by atoms with Gasteiger partial charge in [-0.05, 0) is 87.1 Å². The number of aromatic hydroxyl groups is 1. The van der Waals surface area contributed by atoms with Gasteiger partial charge >= 0.3 is 5.97 Å². The Hall–Kier alpha value is -0.340. The minimum atomic E-state index is -1.03. The van der Waals surface area contributed by atoms with Gasteiger partial charge in [-0.25, -0.2) is 0 Å². The zero-order valence-corrected chi connectivity index (χ0v) is 18.0. The Balaban J connectivity index is 2.29. The van der Waals surface area contributed by atoms with Crippen LogP contribution in [0.4, 0.5) is 0 Å². The fraction of sp³-hybridized carbons (Fsp3) is 0.133. The predicted molar refractivity (Wildman–Crippen MR) is 112 cm³/mol. The van der Waals surface area contributed by atoms with Crippen LogP contribution in [0.2, 0.25) is 0 Å². The molecule has 0 saturated heterocycles. The topological polar surface area (TPSA) is 92.8 Å². The molecule has 0 heterocycles. The van der Waals surface area contributed by atoms with Crippen molar-refractivity contribution >= 4 is 73.7 Å². The van der Waals surface area contributed by atoms with Crippen LogP contribution in [0, 0.1) is 7.14 Å². The van der Waals surface area contributed by atoms with Crippen molar-refractivity contribution in [2.75, 3.05) is 0 Å². The van der Waals surface area contributed by atoms with Gasteiger partial charge in [0.15, 0.2) is 0 Å². The molecule has 23 heavy (non-hydrogen) atoms. The Bertz CT molecular complexity index is 721. The minimum absolute atomic E-state index is 0.174. The van der Waals surface area contributed by atoms with Crippen LogP contribution in [0.15, 0.2) is 36.4 Å². The van der Waals surface area contributed by atoms with Gasteiger partial charge in [0.05, 0.1) is 7.49 Å². The van der Waals surface area contributed by atoms with Crippen LogP contribution in [-0.2, 0) is 4.79 Å². The highest BCUT2D eigenvalue weighted by Gasteiger charge is 2.26. The van der Waals surface area contributed by atoms with Crippen LogP contribution in [0.25, 0.3) is 0 Å². The highest BCUT2D eigenvalue weighted by atomic mass is 127. The van der Waals surface area contributed by atoms with E-state index in [0.717, 1.165) is 12.7 Å². The van der Waals surface area contributed by atoms with Gasteiger partial charge in [0.25, 0.3) is 0 Å². The molecule has 0 saturated carbocycles. The number of benzene rings is 2. The largest absolute Gasteiger partial charge is 0.508 e. The van der Waals surface area contributed by atoms with Crippen molar-refractivity contribution in [2.24, 2.45) is 5.73 Å². The van der Waals surface area contributed by atoms with Crippen molar-refractivity contribution < 1.29 is 19.7 Å². The molecule has 0 aromatic heterocycles. The molecule has 0 aliphatic rings. The number of carboxylic acid groups (broad SMARTS) is 1. The van der Waals surface area contributed by atoms with Crippen molar-refractivity contribution in [1.29, 1.82) is 0 Å². The number of carbonyl (C=O) groups is 1. The molecule has 122 valence electrons. The lowest BCUT2D eigenvalue weighted by Crippen LogP contribution is -2.34. The number of alkyl halides is 1. The van der Waals surface area contributed by atoms with E-state index in [4.69, 9.17) is 15.6 Å². The number of nitrogens with two attached hydrogens (primary N) is 1. The monoisotopic (exact) mass is 651 g/mol. The van der Waals surface area contributed by atoms with Crippen molar-refractivity contribution in [2.45, 2.75) is 9.97 Å². The maximum Gasteiger partial charge on any atom is 0.321 e. The zero-order valence-electron chi connectivity index (χ0n) is 11.5. The van der Waals surface area contributed by atoms with Gasteiger partial charge in [-0.3, -0.25) is 4.79 Å². The lowest BCUT2D eigenvalue weighted by Gasteiger charge is -2.18. The van der Waals surface area contributed by atoms with E-state index in [1.54, 1.807) is 24.3 Å². The number of hydrogen-bond donors (Lipinski definition) is 3. The Labute approximate surface area is 174 Å². The first-order chi connectivity index (χ1) is 10.8. The van der Waals surface area contributed by atoms with Crippen molar-refractivity contribution in [3.63, 3.8) is 0 Å². The predicted octanol–water partition coefficient (Wildman–Crippen LogP) is 4.28. The van der Waals surface area contributed by atoms with Gasteiger partial charge in [0, 0.05) is 3.57 Å². The van der Waals surface area contributed by atoms with E-state index in [0.29, 0.717) is 11.5 Å². The Morgan fingerprint density at radius 1 is 1.13 bits per heavy atom. The fourth-order valence-corrected chi connectivity index (χ4v) is 4.59. The number of phenols is 1. The highest BCUT2D eigenvalue weighted by Crippen LogP contribution is 2.37. The summed E-state index contributed by atoms with van der Waals surface area (Å²) in [5.74, 6) is 0.418. The highest BCUT2D eigenvalue weighted by molar-refractivity contribution is 14.1. The molecule has 0 spiro atoms. The summed E-state index contributed by atoms with van der Waals surface area (Å²) < 4.78 is 7.21. The summed E-state index contributed by atoms with van der Waals surface area (Å²) in [6.45, 7) is 0. The molecule has 0 radical (unpaired) electrons. The SMILES string of the molecule is N[C@H](C(=O)O)C(I)c1cc(I)c(Oc2ccc(O)cc2)cc1I. The second kappa shape index (κ2) is 8.16. The molecule has 1 unspecified atom stereocenters. The first-order valence-corrected chi connectivity index (χ1v) is 9.78. The summed E-state index contributed by atoms with van der Waals surface area (Å²) in [4.78, 5) is 11.1. The van der Waals surface area contributed by atoms with Crippen LogP contribution in [-0.4, -0.2) is 22.2 Å². The number of phenolic OH excluding ortho intramolecular Hbond substituents is 1. The Morgan fingerprint density at radius 3 is 2.30 bits per heavy atom. The van der Waals surface area contributed by atoms with E-state index < -0.39 is 12.0 Å². The van der Waals surface area contributed by atoms with Crippen molar-refractivity contribution in [1.82, 2.24) is 0 Å². The molecule has 5 nitrogen and oxygen atoms in total. The van der Waals surface area contributed by atoms with Gasteiger partial charge < -0.3 is 20.7 Å². The molecule has 0 amide bonds. The summed E-state index contributed by atoms with van der Waals surface area (Å²) in [6.07, 6.45) is 0. The molecular weight excluding hydrogens is 639 g/mol. The first-order valence-electron chi connectivity index (χ1n) is 6.38. The van der Waals surface area contributed by atoms with Crippen LogP contribution < -0.4 is 10.5 Å². The molecule has 4 N–H and O–H groups in total. The summed E-state index contributed by atoms with van der Waals surface area (Å²) in [7, 11) is 0. The average Bonchev–Trinajstić information content (AvgIpc) is 2.51. The zero-order chi connectivity index (χ0) is 17.1. The van der Waals surface area contributed by atoms with Crippen LogP contribution in [0.5, 0.6) is 17.2 Å². The van der Waals surface area contributed by atoms with E-state index in [2.05, 4.69) is 45.2 Å². The number of ether oxygens (including phenoxy) is 1. The molecule has 2 atom stereocenters. The number of rotatable bonds is 5. The third-order valence-electron chi connectivity index (χ3n) is 3.01. The number of halogens is 3. The molecule has 0 aliphatic carbocycles. The minimum Gasteiger partial charge on any atom is -0.508 e. The molecular formula is C15H12I3NO4. The Kier molecular flexibility index (Phi) is 6.74. The smallest absolute Gasteiger partial charge is 0.321 e. The second-order valence-electron chi connectivity index (χ2n) is 4.67. The van der Waals surface area contributed by atoms with Gasteiger partial charge in [0.2, 0.25) is 0 Å². The van der Waals surface area contributed by atoms with E-state index >= 15 is 0 Å². The molecule has 0 fully saturated rings. The second-order valence-corrected chi connectivity index (χ2v) is 8.33. The average molecular weight is 651 g/mol.